The first-order valence-corrected chi connectivity index (χ1v) is 12.0. The Bertz CT molecular complexity index is 1010. The molecule has 8 nitrogen and oxygen atoms in total. The molecule has 3 saturated heterocycles. The number of piperidine rings is 2. The van der Waals surface area contributed by atoms with Gasteiger partial charge in [-0.25, -0.2) is 0 Å². The maximum atomic E-state index is 12.4. The van der Waals surface area contributed by atoms with Gasteiger partial charge in [-0.1, -0.05) is 0 Å². The average Bonchev–Trinajstić information content (AvgIpc) is 3.11. The van der Waals surface area contributed by atoms with Gasteiger partial charge in [0.2, 0.25) is 11.8 Å². The fourth-order valence-corrected chi connectivity index (χ4v) is 5.54. The Hall–Kier alpha value is -2.45. The predicted molar refractivity (Wildman–Crippen MR) is 125 cm³/mol. The molecule has 1 aromatic carbocycles. The van der Waals surface area contributed by atoms with E-state index in [9.17, 15) is 9.59 Å². The molecule has 0 spiro atoms. The molecule has 1 unspecified atom stereocenters. The number of nitrogens with one attached hydrogen (secondary N) is 2. The molecule has 2 aromatic rings. The molecule has 0 aliphatic carbocycles. The van der Waals surface area contributed by atoms with E-state index in [2.05, 4.69) is 50.7 Å². The number of piperazine rings is 1. The molecule has 3 aliphatic rings. The Balaban J connectivity index is 1.27. The molecule has 3 aliphatic heterocycles. The lowest BCUT2D eigenvalue weighted by Gasteiger charge is -2.39. The number of amides is 2. The minimum atomic E-state index is -0.356. The molecule has 32 heavy (non-hydrogen) atoms. The number of carbonyl (C=O) groups excluding carboxylic acids is 2. The molecule has 172 valence electrons. The molecule has 2 amide bonds. The number of fused-ring (bicyclic) bond motifs is 1. The number of aryl methyl sites for hydroxylation is 1. The van der Waals surface area contributed by atoms with Crippen LogP contribution < -0.4 is 15.5 Å². The van der Waals surface area contributed by atoms with Crippen molar-refractivity contribution in [1.29, 1.82) is 0 Å². The minimum absolute atomic E-state index is 0.191. The van der Waals surface area contributed by atoms with Gasteiger partial charge in [-0.2, -0.15) is 5.10 Å². The summed E-state index contributed by atoms with van der Waals surface area (Å²) in [4.78, 5) is 29.0. The highest BCUT2D eigenvalue weighted by atomic mass is 16.2. The van der Waals surface area contributed by atoms with Crippen molar-refractivity contribution in [2.24, 2.45) is 13.0 Å². The summed E-state index contributed by atoms with van der Waals surface area (Å²) in [7, 11) is 1.93. The third-order valence-electron chi connectivity index (χ3n) is 7.54. The fourth-order valence-electron chi connectivity index (χ4n) is 5.54. The summed E-state index contributed by atoms with van der Waals surface area (Å²) in [5.41, 5.74) is 3.05. The molecule has 0 saturated carbocycles. The zero-order valence-electron chi connectivity index (χ0n) is 19.1. The van der Waals surface area contributed by atoms with E-state index in [0.717, 1.165) is 55.2 Å². The second-order valence-electron chi connectivity index (χ2n) is 9.69. The largest absolute Gasteiger partial charge is 0.371 e. The highest BCUT2D eigenvalue weighted by molar-refractivity contribution is 6.02. The van der Waals surface area contributed by atoms with E-state index in [-0.39, 0.29) is 17.7 Å². The molecule has 4 heterocycles. The number of hydrogen-bond acceptors (Lipinski definition) is 6. The SMILES string of the molecule is C[C@H]1CNCCN1CC1CCN(c2ccc3c(C4CCC(=O)NC4=O)nn(C)c3c2)CC1. The maximum Gasteiger partial charge on any atom is 0.235 e. The number of rotatable bonds is 4. The molecule has 0 bridgehead atoms. The van der Waals surface area contributed by atoms with E-state index in [1.807, 2.05) is 11.7 Å². The van der Waals surface area contributed by atoms with Crippen molar-refractivity contribution in [3.63, 3.8) is 0 Å². The molecule has 3 fully saturated rings. The van der Waals surface area contributed by atoms with Crippen molar-refractivity contribution in [2.75, 3.05) is 44.2 Å². The lowest BCUT2D eigenvalue weighted by Crippen LogP contribution is -2.52. The summed E-state index contributed by atoms with van der Waals surface area (Å²) in [6.45, 7) is 9.07. The van der Waals surface area contributed by atoms with Gasteiger partial charge in [0.1, 0.15) is 0 Å². The third-order valence-corrected chi connectivity index (χ3v) is 7.54. The van der Waals surface area contributed by atoms with Crippen molar-refractivity contribution in [2.45, 2.75) is 44.6 Å². The van der Waals surface area contributed by atoms with Crippen LogP contribution in [0.3, 0.4) is 0 Å². The first-order chi connectivity index (χ1) is 15.5. The fraction of sp³-hybridized carbons (Fsp3) is 0.625. The summed E-state index contributed by atoms with van der Waals surface area (Å²) >= 11 is 0. The first-order valence-electron chi connectivity index (χ1n) is 12.0. The second-order valence-corrected chi connectivity index (χ2v) is 9.69. The zero-order valence-corrected chi connectivity index (χ0v) is 19.1. The van der Waals surface area contributed by atoms with Gasteiger partial charge in [0.25, 0.3) is 0 Å². The molecule has 0 radical (unpaired) electrons. The number of benzene rings is 1. The molecule has 2 N–H and O–H groups in total. The van der Waals surface area contributed by atoms with Gasteiger partial charge in [0.05, 0.1) is 17.1 Å². The summed E-state index contributed by atoms with van der Waals surface area (Å²) in [5, 5.41) is 11.6. The number of anilines is 1. The molecule has 1 aromatic heterocycles. The molecule has 2 atom stereocenters. The predicted octanol–water partition coefficient (Wildman–Crippen LogP) is 1.60. The Morgan fingerprint density at radius 3 is 2.69 bits per heavy atom. The monoisotopic (exact) mass is 438 g/mol. The molecule has 8 heteroatoms. The van der Waals surface area contributed by atoms with Crippen molar-refractivity contribution in [3.05, 3.63) is 23.9 Å². The van der Waals surface area contributed by atoms with Crippen LogP contribution in [-0.4, -0.2) is 71.8 Å². The quantitative estimate of drug-likeness (QED) is 0.706. The Labute approximate surface area is 189 Å². The van der Waals surface area contributed by atoms with Crippen LogP contribution in [-0.2, 0) is 16.6 Å². The molecular formula is C24H34N6O2. The Kier molecular flexibility index (Phi) is 5.90. The van der Waals surface area contributed by atoms with Crippen LogP contribution in [0.1, 0.15) is 44.2 Å². The van der Waals surface area contributed by atoms with E-state index in [1.165, 1.54) is 25.1 Å². The van der Waals surface area contributed by atoms with Crippen LogP contribution in [0.15, 0.2) is 18.2 Å². The topological polar surface area (TPSA) is 82.5 Å². The Morgan fingerprint density at radius 2 is 1.94 bits per heavy atom. The smallest absolute Gasteiger partial charge is 0.235 e. The van der Waals surface area contributed by atoms with Gasteiger partial charge in [-0.15, -0.1) is 0 Å². The minimum Gasteiger partial charge on any atom is -0.371 e. The number of imide groups is 1. The van der Waals surface area contributed by atoms with Gasteiger partial charge in [-0.3, -0.25) is 24.5 Å². The normalized spacial score (nSPS) is 26.0. The average molecular weight is 439 g/mol. The molecule has 5 rings (SSSR count). The summed E-state index contributed by atoms with van der Waals surface area (Å²) < 4.78 is 1.87. The first kappa shape index (κ1) is 21.4. The van der Waals surface area contributed by atoms with Gasteiger partial charge in [0.15, 0.2) is 0 Å². The number of hydrogen-bond donors (Lipinski definition) is 2. The van der Waals surface area contributed by atoms with Crippen LogP contribution in [0.4, 0.5) is 5.69 Å². The number of carbonyl (C=O) groups is 2. The van der Waals surface area contributed by atoms with Gasteiger partial charge in [0, 0.05) is 69.9 Å². The van der Waals surface area contributed by atoms with Crippen LogP contribution in [0.2, 0.25) is 0 Å². The second kappa shape index (κ2) is 8.83. The van der Waals surface area contributed by atoms with Crippen LogP contribution in [0.25, 0.3) is 10.9 Å². The van der Waals surface area contributed by atoms with E-state index >= 15 is 0 Å². The van der Waals surface area contributed by atoms with E-state index in [0.29, 0.717) is 18.9 Å². The maximum absolute atomic E-state index is 12.4. The van der Waals surface area contributed by atoms with Gasteiger partial charge < -0.3 is 10.2 Å². The van der Waals surface area contributed by atoms with Crippen LogP contribution in [0.5, 0.6) is 0 Å². The van der Waals surface area contributed by atoms with Crippen LogP contribution >= 0.6 is 0 Å². The highest BCUT2D eigenvalue weighted by Crippen LogP contribution is 2.33. The summed E-state index contributed by atoms with van der Waals surface area (Å²) in [6, 6.07) is 7.10. The van der Waals surface area contributed by atoms with Crippen molar-refractivity contribution in [1.82, 2.24) is 25.3 Å². The third kappa shape index (κ3) is 4.13. The zero-order chi connectivity index (χ0) is 22.2. The van der Waals surface area contributed by atoms with E-state index in [4.69, 9.17) is 0 Å². The van der Waals surface area contributed by atoms with Gasteiger partial charge in [-0.05, 0) is 50.3 Å². The van der Waals surface area contributed by atoms with Crippen molar-refractivity contribution in [3.8, 4) is 0 Å². The summed E-state index contributed by atoms with van der Waals surface area (Å²) in [5.74, 6) is -0.00785. The number of nitrogens with zero attached hydrogens (tertiary/aromatic N) is 4. The van der Waals surface area contributed by atoms with E-state index in [1.54, 1.807) is 0 Å². The Morgan fingerprint density at radius 1 is 1.12 bits per heavy atom. The van der Waals surface area contributed by atoms with Crippen LogP contribution in [0, 0.1) is 5.92 Å². The molecular weight excluding hydrogens is 404 g/mol. The van der Waals surface area contributed by atoms with Crippen molar-refractivity contribution >= 4 is 28.4 Å². The standard InChI is InChI=1S/C24H34N6O2/c1-16-14-25-9-12-30(16)15-17-7-10-29(11-8-17)18-3-4-19-21(13-18)28(2)27-23(19)20-5-6-22(31)26-24(20)32/h3-4,13,16-17,20,25H,5-12,14-15H2,1-2H3,(H,26,31,32)/t16-,20?/m0/s1. The number of aromatic nitrogens is 2. The van der Waals surface area contributed by atoms with E-state index < -0.39 is 0 Å². The lowest BCUT2D eigenvalue weighted by molar-refractivity contribution is -0.134. The lowest BCUT2D eigenvalue weighted by atomic mass is 9.92. The van der Waals surface area contributed by atoms with Gasteiger partial charge >= 0.3 is 0 Å². The van der Waals surface area contributed by atoms with Crippen molar-refractivity contribution < 1.29 is 9.59 Å². The summed E-state index contributed by atoms with van der Waals surface area (Å²) in [6.07, 6.45) is 3.34. The highest BCUT2D eigenvalue weighted by Gasteiger charge is 2.32.